The number of carbonyl (C=O) groups excluding carboxylic acids is 1. The van der Waals surface area contributed by atoms with Gasteiger partial charge in [0.05, 0.1) is 11.6 Å². The molecule has 1 fully saturated rings. The second-order valence-corrected chi connectivity index (χ2v) is 8.22. The zero-order chi connectivity index (χ0) is 18.9. The largest absolute Gasteiger partial charge is 0.380 e. The van der Waals surface area contributed by atoms with Crippen molar-refractivity contribution in [3.8, 4) is 0 Å². The second-order valence-electron chi connectivity index (χ2n) is 5.77. The second kappa shape index (κ2) is 7.53. The van der Waals surface area contributed by atoms with E-state index in [-0.39, 0.29) is 26.8 Å². The fourth-order valence-corrected chi connectivity index (χ4v) is 4.72. The first-order chi connectivity index (χ1) is 12.3. The summed E-state index contributed by atoms with van der Waals surface area (Å²) in [5, 5.41) is 2.67. The maximum absolute atomic E-state index is 12.6. The third-order valence-electron chi connectivity index (χ3n) is 3.83. The molecule has 2 N–H and O–H groups in total. The average molecular weight is 419 g/mol. The Morgan fingerprint density at radius 1 is 1.42 bits per heavy atom. The number of rotatable bonds is 5. The van der Waals surface area contributed by atoms with E-state index in [4.69, 9.17) is 27.9 Å². The molecule has 26 heavy (non-hydrogen) atoms. The van der Waals surface area contributed by atoms with Crippen LogP contribution in [0.15, 0.2) is 29.4 Å². The Bertz CT molecular complexity index is 939. The van der Waals surface area contributed by atoms with Crippen LogP contribution in [0.3, 0.4) is 0 Å². The van der Waals surface area contributed by atoms with Crippen molar-refractivity contribution in [2.45, 2.75) is 17.4 Å². The SMILES string of the molecule is Cn1cc(S(=O)(=O)N[C@H]2CCOC2)c(Cl)c1C(=O)Nc1ccnc(Cl)c1. The lowest BCUT2D eigenvalue weighted by Gasteiger charge is -2.10. The number of hydrogen-bond donors (Lipinski definition) is 2. The van der Waals surface area contributed by atoms with Gasteiger partial charge in [0.1, 0.15) is 15.7 Å². The Kier molecular flexibility index (Phi) is 5.54. The molecule has 3 rings (SSSR count). The lowest BCUT2D eigenvalue weighted by molar-refractivity contribution is 0.101. The number of halogens is 2. The van der Waals surface area contributed by atoms with Gasteiger partial charge in [0.15, 0.2) is 0 Å². The number of sulfonamides is 1. The number of aryl methyl sites for hydroxylation is 1. The molecule has 140 valence electrons. The molecule has 1 atom stereocenters. The van der Waals surface area contributed by atoms with Gasteiger partial charge in [0.2, 0.25) is 10.0 Å². The predicted molar refractivity (Wildman–Crippen MR) is 97.2 cm³/mol. The molecule has 0 radical (unpaired) electrons. The minimum atomic E-state index is -3.88. The Morgan fingerprint density at radius 3 is 2.85 bits per heavy atom. The molecular formula is C15H16Cl2N4O4S. The first-order valence-corrected chi connectivity index (χ1v) is 9.89. The van der Waals surface area contributed by atoms with Crippen molar-refractivity contribution in [3.63, 3.8) is 0 Å². The molecule has 8 nitrogen and oxygen atoms in total. The van der Waals surface area contributed by atoms with Crippen molar-refractivity contribution >= 4 is 44.8 Å². The first-order valence-electron chi connectivity index (χ1n) is 7.66. The summed E-state index contributed by atoms with van der Waals surface area (Å²) in [5.74, 6) is -0.564. The van der Waals surface area contributed by atoms with Crippen LogP contribution in [0.5, 0.6) is 0 Å². The Morgan fingerprint density at radius 2 is 2.19 bits per heavy atom. The van der Waals surface area contributed by atoms with Gasteiger partial charge in [0, 0.05) is 37.8 Å². The van der Waals surface area contributed by atoms with Crippen molar-refractivity contribution in [2.75, 3.05) is 18.5 Å². The zero-order valence-electron chi connectivity index (χ0n) is 13.7. The highest BCUT2D eigenvalue weighted by atomic mass is 35.5. The maximum Gasteiger partial charge on any atom is 0.273 e. The van der Waals surface area contributed by atoms with Crippen molar-refractivity contribution in [1.82, 2.24) is 14.3 Å². The minimum absolute atomic E-state index is 0.0163. The number of aromatic nitrogens is 2. The molecule has 0 saturated carbocycles. The lowest BCUT2D eigenvalue weighted by Crippen LogP contribution is -2.35. The van der Waals surface area contributed by atoms with Crippen molar-refractivity contribution < 1.29 is 17.9 Å². The van der Waals surface area contributed by atoms with E-state index >= 15 is 0 Å². The van der Waals surface area contributed by atoms with Gasteiger partial charge in [-0.15, -0.1) is 0 Å². The monoisotopic (exact) mass is 418 g/mol. The number of carbonyl (C=O) groups is 1. The van der Waals surface area contributed by atoms with Crippen LogP contribution in [-0.2, 0) is 21.8 Å². The summed E-state index contributed by atoms with van der Waals surface area (Å²) in [4.78, 5) is 16.2. The molecule has 1 saturated heterocycles. The van der Waals surface area contributed by atoms with E-state index in [0.717, 1.165) is 0 Å². The number of anilines is 1. The van der Waals surface area contributed by atoms with Gasteiger partial charge < -0.3 is 14.6 Å². The van der Waals surface area contributed by atoms with Crippen LogP contribution in [0.25, 0.3) is 0 Å². The fourth-order valence-electron chi connectivity index (χ4n) is 2.60. The van der Waals surface area contributed by atoms with Gasteiger partial charge in [-0.1, -0.05) is 23.2 Å². The number of nitrogens with zero attached hydrogens (tertiary/aromatic N) is 2. The van der Waals surface area contributed by atoms with Gasteiger partial charge in [-0.05, 0) is 18.6 Å². The lowest BCUT2D eigenvalue weighted by atomic mass is 10.3. The van der Waals surface area contributed by atoms with Gasteiger partial charge in [0.25, 0.3) is 5.91 Å². The Hall–Kier alpha value is -1.65. The quantitative estimate of drug-likeness (QED) is 0.723. The molecule has 2 aromatic rings. The molecule has 0 unspecified atom stereocenters. The van der Waals surface area contributed by atoms with Gasteiger partial charge in [-0.25, -0.2) is 18.1 Å². The van der Waals surface area contributed by atoms with E-state index < -0.39 is 15.9 Å². The third kappa shape index (κ3) is 4.02. The summed E-state index contributed by atoms with van der Waals surface area (Å²) >= 11 is 12.0. The molecular weight excluding hydrogens is 403 g/mol. The van der Waals surface area contributed by atoms with Crippen molar-refractivity contribution in [3.05, 3.63) is 40.4 Å². The maximum atomic E-state index is 12.6. The molecule has 0 spiro atoms. The Labute approximate surface area is 160 Å². The fraction of sp³-hybridized carbons (Fsp3) is 0.333. The zero-order valence-corrected chi connectivity index (χ0v) is 16.0. The first kappa shape index (κ1) is 19.1. The van der Waals surface area contributed by atoms with Gasteiger partial charge in [-0.2, -0.15) is 0 Å². The molecule has 0 aliphatic carbocycles. The highest BCUT2D eigenvalue weighted by Gasteiger charge is 2.30. The predicted octanol–water partition coefficient (Wildman–Crippen LogP) is 2.05. The highest BCUT2D eigenvalue weighted by molar-refractivity contribution is 7.89. The number of pyridine rings is 1. The van der Waals surface area contributed by atoms with Crippen LogP contribution in [0.2, 0.25) is 10.2 Å². The number of hydrogen-bond acceptors (Lipinski definition) is 5. The van der Waals surface area contributed by atoms with Crippen molar-refractivity contribution in [1.29, 1.82) is 0 Å². The molecule has 0 aromatic carbocycles. The molecule has 1 aliphatic rings. The molecule has 2 aromatic heterocycles. The summed E-state index contributed by atoms with van der Waals surface area (Å²) in [6, 6.07) is 2.71. The third-order valence-corrected chi connectivity index (χ3v) is 6.06. The summed E-state index contributed by atoms with van der Waals surface area (Å²) in [5.41, 5.74) is 0.431. The molecule has 11 heteroatoms. The van der Waals surface area contributed by atoms with E-state index in [1.165, 1.54) is 30.1 Å². The normalized spacial score (nSPS) is 17.4. The average Bonchev–Trinajstić information content (AvgIpc) is 3.14. The number of amides is 1. The van der Waals surface area contributed by atoms with Crippen LogP contribution >= 0.6 is 23.2 Å². The van der Waals surface area contributed by atoms with Crippen LogP contribution < -0.4 is 10.0 Å². The molecule has 1 aliphatic heterocycles. The van der Waals surface area contributed by atoms with Gasteiger partial charge in [-0.3, -0.25) is 4.79 Å². The minimum Gasteiger partial charge on any atom is -0.380 e. The molecule has 0 bridgehead atoms. The summed E-state index contributed by atoms with van der Waals surface area (Å²) in [7, 11) is -2.34. The van der Waals surface area contributed by atoms with Crippen LogP contribution in [0.4, 0.5) is 5.69 Å². The van der Waals surface area contributed by atoms with E-state index in [1.807, 2.05) is 0 Å². The van der Waals surface area contributed by atoms with Crippen molar-refractivity contribution in [2.24, 2.45) is 7.05 Å². The standard InChI is InChI=1S/C15H16Cl2N4O4S/c1-21-7-11(26(23,24)20-10-3-5-25-8-10)13(17)14(21)15(22)19-9-2-4-18-12(16)6-9/h2,4,6-7,10,20H,3,5,8H2,1H3,(H,18,19,22)/t10-/m0/s1. The number of ether oxygens (including phenoxy) is 1. The topological polar surface area (TPSA) is 102 Å². The summed E-state index contributed by atoms with van der Waals surface area (Å²) in [6.07, 6.45) is 3.32. The van der Waals surface area contributed by atoms with E-state index in [9.17, 15) is 13.2 Å². The Balaban J connectivity index is 1.86. The van der Waals surface area contributed by atoms with Crippen LogP contribution in [-0.4, -0.2) is 43.1 Å². The van der Waals surface area contributed by atoms with Gasteiger partial charge >= 0.3 is 0 Å². The summed E-state index contributed by atoms with van der Waals surface area (Å²) < 4.78 is 34.2. The molecule has 3 heterocycles. The number of nitrogens with one attached hydrogen (secondary N) is 2. The summed E-state index contributed by atoms with van der Waals surface area (Å²) in [6.45, 7) is 0.803. The molecule has 1 amide bonds. The van der Waals surface area contributed by atoms with Crippen LogP contribution in [0, 0.1) is 0 Å². The highest BCUT2D eigenvalue weighted by Crippen LogP contribution is 2.28. The smallest absolute Gasteiger partial charge is 0.273 e. The van der Waals surface area contributed by atoms with E-state index in [0.29, 0.717) is 25.3 Å². The van der Waals surface area contributed by atoms with E-state index in [1.54, 1.807) is 6.07 Å². The van der Waals surface area contributed by atoms with E-state index in [2.05, 4.69) is 15.0 Å². The van der Waals surface area contributed by atoms with Crippen LogP contribution in [0.1, 0.15) is 16.9 Å².